The van der Waals surface area contributed by atoms with Crippen LogP contribution in [0.15, 0.2) is 42.5 Å². The average Bonchev–Trinajstić information content (AvgIpc) is 2.38. The van der Waals surface area contributed by atoms with Gasteiger partial charge in [-0.25, -0.2) is 13.2 Å². The van der Waals surface area contributed by atoms with E-state index in [2.05, 4.69) is 5.32 Å². The average molecular weight is 279 g/mol. The van der Waals surface area contributed by atoms with Gasteiger partial charge < -0.3 is 5.32 Å². The molecule has 20 heavy (non-hydrogen) atoms. The summed E-state index contributed by atoms with van der Waals surface area (Å²) in [6.07, 6.45) is 0.865. The van der Waals surface area contributed by atoms with Crippen LogP contribution in [0.4, 0.5) is 13.2 Å². The van der Waals surface area contributed by atoms with Crippen molar-refractivity contribution in [1.82, 2.24) is 5.32 Å². The fourth-order valence-corrected chi connectivity index (χ4v) is 2.14. The van der Waals surface area contributed by atoms with E-state index in [9.17, 15) is 13.2 Å². The minimum Gasteiger partial charge on any atom is -0.306 e. The lowest BCUT2D eigenvalue weighted by Gasteiger charge is -2.20. The van der Waals surface area contributed by atoms with E-state index in [-0.39, 0.29) is 5.82 Å². The molecular weight excluding hydrogens is 263 g/mol. The number of halogens is 3. The number of nitrogens with one attached hydrogen (secondary N) is 1. The van der Waals surface area contributed by atoms with Crippen LogP contribution in [0, 0.1) is 17.5 Å². The summed E-state index contributed by atoms with van der Waals surface area (Å²) in [4.78, 5) is 0. The zero-order chi connectivity index (χ0) is 14.5. The lowest BCUT2D eigenvalue weighted by atomic mass is 9.98. The molecule has 1 nitrogen and oxygen atoms in total. The standard InChI is InChI=1S/C16H16F3N/c1-2-6-20-16(11-4-3-5-13(17)7-11)12-8-14(18)10-15(19)9-12/h3-5,7-10,16,20H,2,6H2,1H3. The summed E-state index contributed by atoms with van der Waals surface area (Å²) < 4.78 is 40.1. The maximum atomic E-state index is 13.4. The van der Waals surface area contributed by atoms with Crippen LogP contribution < -0.4 is 5.32 Å². The Morgan fingerprint density at radius 2 is 1.55 bits per heavy atom. The molecule has 0 aliphatic heterocycles. The second-order valence-corrected chi connectivity index (χ2v) is 4.64. The van der Waals surface area contributed by atoms with Crippen LogP contribution in [0.1, 0.15) is 30.5 Å². The lowest BCUT2D eigenvalue weighted by molar-refractivity contribution is 0.555. The SMILES string of the molecule is CCCNC(c1cccc(F)c1)c1cc(F)cc(F)c1. The van der Waals surface area contributed by atoms with Gasteiger partial charge in [-0.05, 0) is 48.4 Å². The van der Waals surface area contributed by atoms with E-state index < -0.39 is 17.7 Å². The summed E-state index contributed by atoms with van der Waals surface area (Å²) >= 11 is 0. The van der Waals surface area contributed by atoms with Crippen LogP contribution in [0.3, 0.4) is 0 Å². The first kappa shape index (κ1) is 14.6. The Labute approximate surface area is 116 Å². The Balaban J connectivity index is 2.41. The molecule has 4 heteroatoms. The summed E-state index contributed by atoms with van der Waals surface area (Å²) in [5.41, 5.74) is 1.09. The van der Waals surface area contributed by atoms with Gasteiger partial charge in [-0.15, -0.1) is 0 Å². The van der Waals surface area contributed by atoms with Crippen molar-refractivity contribution in [3.8, 4) is 0 Å². The molecule has 0 aromatic heterocycles. The largest absolute Gasteiger partial charge is 0.306 e. The molecule has 2 aromatic carbocycles. The third-order valence-electron chi connectivity index (χ3n) is 3.00. The molecule has 106 valence electrons. The van der Waals surface area contributed by atoms with Crippen LogP contribution in [-0.4, -0.2) is 6.54 Å². The Kier molecular flexibility index (Phi) is 4.79. The highest BCUT2D eigenvalue weighted by molar-refractivity contribution is 5.32. The van der Waals surface area contributed by atoms with Gasteiger partial charge in [0.1, 0.15) is 17.5 Å². The van der Waals surface area contributed by atoms with Crippen LogP contribution in [0.5, 0.6) is 0 Å². The van der Waals surface area contributed by atoms with E-state index in [1.165, 1.54) is 24.3 Å². The summed E-state index contributed by atoms with van der Waals surface area (Å²) in [6, 6.07) is 8.95. The van der Waals surface area contributed by atoms with Gasteiger partial charge in [0.05, 0.1) is 6.04 Å². The normalized spacial score (nSPS) is 12.4. The van der Waals surface area contributed by atoms with Crippen LogP contribution in [-0.2, 0) is 0 Å². The number of rotatable bonds is 5. The molecule has 0 aliphatic rings. The van der Waals surface area contributed by atoms with Gasteiger partial charge in [0.2, 0.25) is 0 Å². The van der Waals surface area contributed by atoms with Crippen molar-refractivity contribution in [1.29, 1.82) is 0 Å². The summed E-state index contributed by atoms with van der Waals surface area (Å²) in [6.45, 7) is 2.65. The second kappa shape index (κ2) is 6.57. The molecular formula is C16H16F3N. The molecule has 0 heterocycles. The minimum atomic E-state index is -0.639. The van der Waals surface area contributed by atoms with Gasteiger partial charge in [0, 0.05) is 6.07 Å². The topological polar surface area (TPSA) is 12.0 Å². The van der Waals surface area contributed by atoms with E-state index >= 15 is 0 Å². The molecule has 2 rings (SSSR count). The molecule has 1 atom stereocenters. The van der Waals surface area contributed by atoms with Crippen molar-refractivity contribution in [2.24, 2.45) is 0 Å². The zero-order valence-electron chi connectivity index (χ0n) is 11.2. The van der Waals surface area contributed by atoms with E-state index in [1.54, 1.807) is 12.1 Å². The molecule has 0 amide bonds. The highest BCUT2D eigenvalue weighted by Gasteiger charge is 2.15. The van der Waals surface area contributed by atoms with Gasteiger partial charge in [-0.3, -0.25) is 0 Å². The predicted molar refractivity (Wildman–Crippen MR) is 72.9 cm³/mol. The van der Waals surface area contributed by atoms with E-state index in [0.29, 0.717) is 17.7 Å². The molecule has 0 radical (unpaired) electrons. The summed E-state index contributed by atoms with van der Waals surface area (Å²) in [5.74, 6) is -1.65. The molecule has 0 saturated carbocycles. The Morgan fingerprint density at radius 1 is 0.900 bits per heavy atom. The van der Waals surface area contributed by atoms with Gasteiger partial charge in [0.15, 0.2) is 0 Å². The Bertz CT molecular complexity index is 563. The third kappa shape index (κ3) is 3.61. The predicted octanol–water partition coefficient (Wildman–Crippen LogP) is 4.19. The molecule has 2 aromatic rings. The van der Waals surface area contributed by atoms with Crippen molar-refractivity contribution >= 4 is 0 Å². The Hall–Kier alpha value is -1.81. The van der Waals surface area contributed by atoms with Gasteiger partial charge in [-0.1, -0.05) is 19.1 Å². The molecule has 0 spiro atoms. The number of benzene rings is 2. The van der Waals surface area contributed by atoms with Gasteiger partial charge in [0.25, 0.3) is 0 Å². The smallest absolute Gasteiger partial charge is 0.126 e. The van der Waals surface area contributed by atoms with Crippen molar-refractivity contribution in [3.05, 3.63) is 71.0 Å². The van der Waals surface area contributed by atoms with Crippen LogP contribution >= 0.6 is 0 Å². The molecule has 0 aliphatic carbocycles. The monoisotopic (exact) mass is 279 g/mol. The lowest BCUT2D eigenvalue weighted by Crippen LogP contribution is -2.23. The first-order valence-electron chi connectivity index (χ1n) is 6.55. The van der Waals surface area contributed by atoms with Crippen molar-refractivity contribution in [2.45, 2.75) is 19.4 Å². The fraction of sp³-hybridized carbons (Fsp3) is 0.250. The van der Waals surface area contributed by atoms with Crippen molar-refractivity contribution in [3.63, 3.8) is 0 Å². The summed E-state index contributed by atoms with van der Waals surface area (Å²) in [7, 11) is 0. The fourth-order valence-electron chi connectivity index (χ4n) is 2.14. The quantitative estimate of drug-likeness (QED) is 0.865. The second-order valence-electron chi connectivity index (χ2n) is 4.64. The van der Waals surface area contributed by atoms with E-state index in [0.717, 1.165) is 12.5 Å². The minimum absolute atomic E-state index is 0.373. The van der Waals surface area contributed by atoms with E-state index in [4.69, 9.17) is 0 Å². The number of hydrogen-bond acceptors (Lipinski definition) is 1. The highest BCUT2D eigenvalue weighted by Crippen LogP contribution is 2.24. The highest BCUT2D eigenvalue weighted by atomic mass is 19.1. The number of hydrogen-bond donors (Lipinski definition) is 1. The third-order valence-corrected chi connectivity index (χ3v) is 3.00. The first-order chi connectivity index (χ1) is 9.60. The van der Waals surface area contributed by atoms with Crippen LogP contribution in [0.25, 0.3) is 0 Å². The zero-order valence-corrected chi connectivity index (χ0v) is 11.2. The Morgan fingerprint density at radius 3 is 2.15 bits per heavy atom. The van der Waals surface area contributed by atoms with Crippen LogP contribution in [0.2, 0.25) is 0 Å². The molecule has 0 bridgehead atoms. The van der Waals surface area contributed by atoms with E-state index in [1.807, 2.05) is 6.92 Å². The van der Waals surface area contributed by atoms with Gasteiger partial charge >= 0.3 is 0 Å². The molecule has 0 fully saturated rings. The summed E-state index contributed by atoms with van der Waals surface area (Å²) in [5, 5.41) is 3.18. The van der Waals surface area contributed by atoms with Crippen molar-refractivity contribution < 1.29 is 13.2 Å². The van der Waals surface area contributed by atoms with Crippen molar-refractivity contribution in [2.75, 3.05) is 6.54 Å². The first-order valence-corrected chi connectivity index (χ1v) is 6.55. The maximum Gasteiger partial charge on any atom is 0.126 e. The molecule has 1 unspecified atom stereocenters. The molecule has 0 saturated heterocycles. The molecule has 1 N–H and O–H groups in total. The van der Waals surface area contributed by atoms with Gasteiger partial charge in [-0.2, -0.15) is 0 Å². The maximum absolute atomic E-state index is 13.4.